The van der Waals surface area contributed by atoms with Gasteiger partial charge in [-0.05, 0) is 24.6 Å². The SMILES string of the molecule is Cc1cc(Br)cc([C@@H](N2CCNCC2)C(F)(F)F)c1F. The number of benzene rings is 1. The van der Waals surface area contributed by atoms with Gasteiger partial charge in [-0.15, -0.1) is 0 Å². The first-order chi connectivity index (χ1) is 9.30. The van der Waals surface area contributed by atoms with Gasteiger partial charge in [0, 0.05) is 36.2 Å². The lowest BCUT2D eigenvalue weighted by Gasteiger charge is -2.36. The van der Waals surface area contributed by atoms with Crippen molar-refractivity contribution < 1.29 is 17.6 Å². The number of hydrogen-bond acceptors (Lipinski definition) is 2. The van der Waals surface area contributed by atoms with Crippen LogP contribution in [-0.2, 0) is 0 Å². The maximum absolute atomic E-state index is 14.2. The number of rotatable bonds is 2. The topological polar surface area (TPSA) is 15.3 Å². The molecule has 20 heavy (non-hydrogen) atoms. The van der Waals surface area contributed by atoms with E-state index in [1.165, 1.54) is 24.0 Å². The molecule has 0 saturated carbocycles. The van der Waals surface area contributed by atoms with Crippen LogP contribution in [0.3, 0.4) is 0 Å². The molecule has 1 heterocycles. The van der Waals surface area contributed by atoms with Crippen LogP contribution in [0.5, 0.6) is 0 Å². The second-order valence-corrected chi connectivity index (χ2v) is 5.77. The fourth-order valence-corrected chi connectivity index (χ4v) is 3.06. The van der Waals surface area contributed by atoms with Crippen LogP contribution < -0.4 is 5.32 Å². The van der Waals surface area contributed by atoms with E-state index < -0.39 is 18.0 Å². The summed E-state index contributed by atoms with van der Waals surface area (Å²) in [5.74, 6) is -0.783. The minimum atomic E-state index is -4.51. The van der Waals surface area contributed by atoms with Gasteiger partial charge in [-0.1, -0.05) is 15.9 Å². The van der Waals surface area contributed by atoms with Gasteiger partial charge in [0.05, 0.1) is 0 Å². The number of piperazine rings is 1. The molecule has 0 spiro atoms. The molecule has 1 saturated heterocycles. The Labute approximate surface area is 123 Å². The Hall–Kier alpha value is -0.660. The Balaban J connectivity index is 2.46. The molecule has 1 aliphatic heterocycles. The van der Waals surface area contributed by atoms with Gasteiger partial charge < -0.3 is 5.32 Å². The maximum Gasteiger partial charge on any atom is 0.408 e. The van der Waals surface area contributed by atoms with Crippen LogP contribution in [0.4, 0.5) is 17.6 Å². The number of nitrogens with one attached hydrogen (secondary N) is 1. The quantitative estimate of drug-likeness (QED) is 0.818. The van der Waals surface area contributed by atoms with E-state index in [4.69, 9.17) is 0 Å². The van der Waals surface area contributed by atoms with Crippen molar-refractivity contribution >= 4 is 15.9 Å². The van der Waals surface area contributed by atoms with Gasteiger partial charge in [-0.3, -0.25) is 4.90 Å². The minimum Gasteiger partial charge on any atom is -0.314 e. The van der Waals surface area contributed by atoms with Crippen LogP contribution in [0, 0.1) is 12.7 Å². The highest BCUT2D eigenvalue weighted by atomic mass is 79.9. The molecule has 0 unspecified atom stereocenters. The molecule has 0 aromatic heterocycles. The average Bonchev–Trinajstić information content (AvgIpc) is 2.35. The summed E-state index contributed by atoms with van der Waals surface area (Å²) in [7, 11) is 0. The fraction of sp³-hybridized carbons (Fsp3) is 0.538. The summed E-state index contributed by atoms with van der Waals surface area (Å²) in [5, 5.41) is 3.00. The van der Waals surface area contributed by atoms with Crippen molar-refractivity contribution in [3.63, 3.8) is 0 Å². The van der Waals surface area contributed by atoms with Crippen molar-refractivity contribution in [1.82, 2.24) is 10.2 Å². The molecule has 1 N–H and O–H groups in total. The Bertz CT molecular complexity index is 484. The molecule has 2 nitrogen and oxygen atoms in total. The highest BCUT2D eigenvalue weighted by molar-refractivity contribution is 9.10. The lowest BCUT2D eigenvalue weighted by molar-refractivity contribution is -0.188. The number of nitrogens with zero attached hydrogens (tertiary/aromatic N) is 1. The average molecular weight is 355 g/mol. The van der Waals surface area contributed by atoms with Crippen molar-refractivity contribution in [2.24, 2.45) is 0 Å². The van der Waals surface area contributed by atoms with Gasteiger partial charge >= 0.3 is 6.18 Å². The van der Waals surface area contributed by atoms with Gasteiger partial charge in [0.15, 0.2) is 0 Å². The van der Waals surface area contributed by atoms with Crippen molar-refractivity contribution in [3.05, 3.63) is 33.5 Å². The van der Waals surface area contributed by atoms with Gasteiger partial charge in [0.2, 0.25) is 0 Å². The molecule has 1 aromatic rings. The normalized spacial score (nSPS) is 19.1. The van der Waals surface area contributed by atoms with E-state index in [1.807, 2.05) is 0 Å². The van der Waals surface area contributed by atoms with Crippen LogP contribution in [-0.4, -0.2) is 37.3 Å². The van der Waals surface area contributed by atoms with Gasteiger partial charge in [-0.2, -0.15) is 13.2 Å². The summed E-state index contributed by atoms with van der Waals surface area (Å²) >= 11 is 3.14. The third-order valence-corrected chi connectivity index (χ3v) is 3.83. The zero-order valence-corrected chi connectivity index (χ0v) is 12.5. The molecule has 0 amide bonds. The summed E-state index contributed by atoms with van der Waals surface area (Å²) in [5.41, 5.74) is -0.106. The van der Waals surface area contributed by atoms with Gasteiger partial charge in [0.1, 0.15) is 11.9 Å². The minimum absolute atomic E-state index is 0.207. The first-order valence-electron chi connectivity index (χ1n) is 6.27. The Morgan fingerprint density at radius 3 is 2.40 bits per heavy atom. The van der Waals surface area contributed by atoms with Crippen LogP contribution in [0.25, 0.3) is 0 Å². The Morgan fingerprint density at radius 1 is 1.25 bits per heavy atom. The molecule has 112 valence electrons. The molecular formula is C13H15BrF4N2. The molecule has 7 heteroatoms. The van der Waals surface area contributed by atoms with Crippen LogP contribution in [0.15, 0.2) is 16.6 Å². The first kappa shape index (κ1) is 15.7. The highest BCUT2D eigenvalue weighted by Gasteiger charge is 2.46. The summed E-state index contributed by atoms with van der Waals surface area (Å²) < 4.78 is 54.8. The second kappa shape index (κ2) is 5.99. The van der Waals surface area contributed by atoms with E-state index in [2.05, 4.69) is 21.2 Å². The van der Waals surface area contributed by atoms with Gasteiger partial charge in [0.25, 0.3) is 0 Å². The van der Waals surface area contributed by atoms with E-state index in [-0.39, 0.29) is 24.2 Å². The van der Waals surface area contributed by atoms with E-state index in [0.29, 0.717) is 17.6 Å². The second-order valence-electron chi connectivity index (χ2n) is 4.86. The van der Waals surface area contributed by atoms with Crippen molar-refractivity contribution in [1.29, 1.82) is 0 Å². The first-order valence-corrected chi connectivity index (χ1v) is 7.07. The third kappa shape index (κ3) is 3.32. The summed E-state index contributed by atoms with van der Waals surface area (Å²) in [6.07, 6.45) is -4.51. The summed E-state index contributed by atoms with van der Waals surface area (Å²) in [6, 6.07) is 0.799. The molecule has 0 radical (unpaired) electrons. The number of hydrogen-bond donors (Lipinski definition) is 1. The van der Waals surface area contributed by atoms with Crippen molar-refractivity contribution in [2.45, 2.75) is 19.1 Å². The smallest absolute Gasteiger partial charge is 0.314 e. The van der Waals surface area contributed by atoms with Crippen LogP contribution in [0.2, 0.25) is 0 Å². The number of aryl methyl sites for hydroxylation is 1. The third-order valence-electron chi connectivity index (χ3n) is 3.37. The van der Waals surface area contributed by atoms with E-state index in [9.17, 15) is 17.6 Å². The van der Waals surface area contributed by atoms with Crippen molar-refractivity contribution in [3.8, 4) is 0 Å². The van der Waals surface area contributed by atoms with Gasteiger partial charge in [-0.25, -0.2) is 4.39 Å². The Morgan fingerprint density at radius 2 is 1.85 bits per heavy atom. The molecule has 1 aromatic carbocycles. The molecular weight excluding hydrogens is 340 g/mol. The predicted molar refractivity (Wildman–Crippen MR) is 72.1 cm³/mol. The molecule has 1 atom stereocenters. The molecule has 2 rings (SSSR count). The summed E-state index contributed by atoms with van der Waals surface area (Å²) in [6.45, 7) is 2.90. The van der Waals surface area contributed by atoms with E-state index >= 15 is 0 Å². The monoisotopic (exact) mass is 354 g/mol. The lowest BCUT2D eigenvalue weighted by atomic mass is 10.0. The maximum atomic E-state index is 14.2. The van der Waals surface area contributed by atoms with E-state index in [0.717, 1.165) is 0 Å². The highest BCUT2D eigenvalue weighted by Crippen LogP contribution is 2.40. The predicted octanol–water partition coefficient (Wildman–Crippen LogP) is 3.41. The largest absolute Gasteiger partial charge is 0.408 e. The lowest BCUT2D eigenvalue weighted by Crippen LogP contribution is -2.49. The standard InChI is InChI=1S/C13H15BrF4N2/c1-8-6-9(14)7-10(11(8)15)12(13(16,17)18)20-4-2-19-3-5-20/h6-7,12,19H,2-5H2,1H3/t12-/m1/s1. The van der Waals surface area contributed by atoms with E-state index in [1.54, 1.807) is 0 Å². The van der Waals surface area contributed by atoms with Crippen LogP contribution >= 0.6 is 15.9 Å². The molecule has 0 aliphatic carbocycles. The number of halogens is 5. The molecule has 0 bridgehead atoms. The number of alkyl halides is 3. The van der Waals surface area contributed by atoms with Crippen LogP contribution in [0.1, 0.15) is 17.2 Å². The molecule has 1 aliphatic rings. The fourth-order valence-electron chi connectivity index (χ4n) is 2.47. The zero-order chi connectivity index (χ0) is 14.9. The molecule has 1 fully saturated rings. The Kier molecular flexibility index (Phi) is 4.71. The zero-order valence-electron chi connectivity index (χ0n) is 10.9. The summed E-state index contributed by atoms with van der Waals surface area (Å²) in [4.78, 5) is 1.28. The van der Waals surface area contributed by atoms with Crippen molar-refractivity contribution in [2.75, 3.05) is 26.2 Å².